The average molecular weight is 686 g/mol. The first kappa shape index (κ1) is 39.8. The van der Waals surface area contributed by atoms with Gasteiger partial charge in [0, 0.05) is 19.4 Å². The summed E-state index contributed by atoms with van der Waals surface area (Å²) in [5, 5.41) is 5.79. The minimum Gasteiger partial charge on any atom is -0.458 e. The number of carbonyl (C=O) groups excluding carboxylic acids is 4. The van der Waals surface area contributed by atoms with Crippen molar-refractivity contribution in [2.45, 2.75) is 117 Å². The number of nitrogens with zero attached hydrogens (tertiary/aromatic N) is 1. The van der Waals surface area contributed by atoms with E-state index in [-0.39, 0.29) is 19.4 Å². The van der Waals surface area contributed by atoms with Crippen molar-refractivity contribution in [1.82, 2.24) is 15.5 Å². The van der Waals surface area contributed by atoms with E-state index in [9.17, 15) is 19.2 Å². The Bertz CT molecular complexity index is 1580. The number of alkyl carbamates (subject to hydrolysis) is 1. The number of benzene rings is 3. The molecule has 3 rings (SSSR count). The highest BCUT2D eigenvalue weighted by molar-refractivity contribution is 5.94. The lowest BCUT2D eigenvalue weighted by Crippen LogP contribution is -2.55. The van der Waals surface area contributed by atoms with Crippen LogP contribution in [0.2, 0.25) is 0 Å². The average Bonchev–Trinajstić information content (AvgIpc) is 3.02. The Kier molecular flexibility index (Phi) is 14.2. The first-order valence-electron chi connectivity index (χ1n) is 17.5. The van der Waals surface area contributed by atoms with Crippen molar-refractivity contribution < 1.29 is 28.7 Å². The number of carbonyl (C=O) groups is 4. The first-order chi connectivity index (χ1) is 23.5. The second-order valence-corrected chi connectivity index (χ2v) is 14.8. The van der Waals surface area contributed by atoms with Crippen LogP contribution in [-0.4, -0.2) is 58.6 Å². The van der Waals surface area contributed by atoms with E-state index in [2.05, 4.69) is 10.6 Å². The van der Waals surface area contributed by atoms with E-state index in [0.717, 1.165) is 28.7 Å². The van der Waals surface area contributed by atoms with Gasteiger partial charge in [-0.2, -0.15) is 0 Å². The maximum Gasteiger partial charge on any atom is 0.408 e. The van der Waals surface area contributed by atoms with Crippen LogP contribution in [0.15, 0.2) is 78.9 Å². The number of amides is 3. The van der Waals surface area contributed by atoms with E-state index in [0.29, 0.717) is 12.0 Å². The monoisotopic (exact) mass is 685 g/mol. The normalized spacial score (nSPS) is 13.4. The van der Waals surface area contributed by atoms with Gasteiger partial charge < -0.3 is 25.0 Å². The molecule has 0 aliphatic carbocycles. The van der Waals surface area contributed by atoms with E-state index < -0.39 is 53.2 Å². The lowest BCUT2D eigenvalue weighted by atomic mass is 9.95. The Balaban J connectivity index is 2.13. The van der Waals surface area contributed by atoms with Crippen LogP contribution in [0.1, 0.15) is 95.2 Å². The smallest absolute Gasteiger partial charge is 0.408 e. The molecule has 3 aromatic rings. The van der Waals surface area contributed by atoms with Crippen molar-refractivity contribution >= 4 is 23.9 Å². The third-order valence-electron chi connectivity index (χ3n) is 7.88. The molecule has 50 heavy (non-hydrogen) atoms. The molecule has 0 spiro atoms. The summed E-state index contributed by atoms with van der Waals surface area (Å²) in [5.41, 5.74) is 2.54. The summed E-state index contributed by atoms with van der Waals surface area (Å²) in [4.78, 5) is 57.9. The zero-order valence-corrected chi connectivity index (χ0v) is 31.2. The van der Waals surface area contributed by atoms with Crippen molar-refractivity contribution in [1.29, 1.82) is 0 Å². The molecule has 0 aliphatic rings. The van der Waals surface area contributed by atoms with Crippen LogP contribution in [0, 0.1) is 13.8 Å². The van der Waals surface area contributed by atoms with Crippen LogP contribution in [0.4, 0.5) is 4.79 Å². The van der Waals surface area contributed by atoms with Crippen molar-refractivity contribution in [3.8, 4) is 0 Å². The molecule has 9 nitrogen and oxygen atoms in total. The lowest BCUT2D eigenvalue weighted by Gasteiger charge is -2.36. The Morgan fingerprint density at radius 3 is 1.76 bits per heavy atom. The van der Waals surface area contributed by atoms with E-state index in [1.54, 1.807) is 41.5 Å². The summed E-state index contributed by atoms with van der Waals surface area (Å²) in [6.45, 7) is 16.7. The van der Waals surface area contributed by atoms with Crippen LogP contribution >= 0.6 is 0 Å². The molecule has 0 fully saturated rings. The van der Waals surface area contributed by atoms with Gasteiger partial charge in [0.25, 0.3) is 0 Å². The SMILES string of the molecule is CCCCN(C(=O)C(Cc1ccccc1)NC(=O)OC(C)(C)C)C(C(=O)NC(Cc1ccccc1)C(=O)OC(C)(C)C)c1ccc(C)cc1C. The molecule has 0 radical (unpaired) electrons. The van der Waals surface area contributed by atoms with E-state index in [4.69, 9.17) is 9.47 Å². The molecule has 0 bridgehead atoms. The van der Waals surface area contributed by atoms with Gasteiger partial charge in [-0.1, -0.05) is 97.8 Å². The number of hydrogen-bond acceptors (Lipinski definition) is 6. The molecule has 3 aromatic carbocycles. The fourth-order valence-electron chi connectivity index (χ4n) is 5.64. The van der Waals surface area contributed by atoms with Crippen molar-refractivity contribution in [2.24, 2.45) is 0 Å². The van der Waals surface area contributed by atoms with Gasteiger partial charge in [0.1, 0.15) is 29.3 Å². The quantitative estimate of drug-likeness (QED) is 0.174. The summed E-state index contributed by atoms with van der Waals surface area (Å²) < 4.78 is 11.3. The predicted octanol–water partition coefficient (Wildman–Crippen LogP) is 7.18. The Labute approximate surface area is 298 Å². The van der Waals surface area contributed by atoms with Crippen LogP contribution in [0.3, 0.4) is 0 Å². The van der Waals surface area contributed by atoms with Crippen LogP contribution in [-0.2, 0) is 36.7 Å². The van der Waals surface area contributed by atoms with Crippen LogP contribution in [0.5, 0.6) is 0 Å². The second kappa shape index (κ2) is 17.8. The molecule has 2 N–H and O–H groups in total. The van der Waals surface area contributed by atoms with Gasteiger partial charge in [0.2, 0.25) is 11.8 Å². The molecule has 0 aromatic heterocycles. The third-order valence-corrected chi connectivity index (χ3v) is 7.88. The number of rotatable bonds is 14. The predicted molar refractivity (Wildman–Crippen MR) is 197 cm³/mol. The number of esters is 1. The molecule has 270 valence electrons. The van der Waals surface area contributed by atoms with E-state index in [1.807, 2.05) is 99.6 Å². The molecule has 0 aliphatic heterocycles. The number of ether oxygens (including phenoxy) is 2. The largest absolute Gasteiger partial charge is 0.458 e. The number of unbranched alkanes of at least 4 members (excludes halogenated alkanes) is 1. The zero-order chi connectivity index (χ0) is 37.1. The van der Waals surface area contributed by atoms with Crippen molar-refractivity contribution in [2.75, 3.05) is 6.54 Å². The molecular weight excluding hydrogens is 630 g/mol. The van der Waals surface area contributed by atoms with E-state index >= 15 is 0 Å². The molecule has 0 saturated heterocycles. The Morgan fingerprint density at radius 1 is 0.720 bits per heavy atom. The van der Waals surface area contributed by atoms with Gasteiger partial charge in [-0.3, -0.25) is 9.59 Å². The minimum atomic E-state index is -1.12. The van der Waals surface area contributed by atoms with Gasteiger partial charge in [0.05, 0.1) is 0 Å². The summed E-state index contributed by atoms with van der Waals surface area (Å²) in [6.07, 6.45) is 0.993. The Hall–Kier alpha value is -4.66. The van der Waals surface area contributed by atoms with Gasteiger partial charge in [0.15, 0.2) is 0 Å². The van der Waals surface area contributed by atoms with Gasteiger partial charge in [-0.05, 0) is 84.1 Å². The number of aryl methyl sites for hydroxylation is 2. The van der Waals surface area contributed by atoms with Gasteiger partial charge >= 0.3 is 12.1 Å². The maximum absolute atomic E-state index is 14.8. The molecule has 9 heteroatoms. The van der Waals surface area contributed by atoms with Crippen molar-refractivity contribution in [3.05, 3.63) is 107 Å². The molecule has 0 heterocycles. The molecule has 3 unspecified atom stereocenters. The minimum absolute atomic E-state index is 0.178. The molecule has 0 saturated carbocycles. The highest BCUT2D eigenvalue weighted by Gasteiger charge is 2.39. The zero-order valence-electron chi connectivity index (χ0n) is 31.2. The van der Waals surface area contributed by atoms with E-state index in [1.165, 1.54) is 4.90 Å². The van der Waals surface area contributed by atoms with Crippen molar-refractivity contribution in [3.63, 3.8) is 0 Å². The number of hydrogen-bond donors (Lipinski definition) is 2. The van der Waals surface area contributed by atoms with Gasteiger partial charge in [-0.15, -0.1) is 0 Å². The third kappa shape index (κ3) is 12.7. The lowest BCUT2D eigenvalue weighted by molar-refractivity contribution is -0.159. The van der Waals surface area contributed by atoms with Gasteiger partial charge in [-0.25, -0.2) is 9.59 Å². The topological polar surface area (TPSA) is 114 Å². The first-order valence-corrected chi connectivity index (χ1v) is 17.5. The summed E-state index contributed by atoms with van der Waals surface area (Å²) in [7, 11) is 0. The maximum atomic E-state index is 14.8. The highest BCUT2D eigenvalue weighted by Crippen LogP contribution is 2.28. The highest BCUT2D eigenvalue weighted by atomic mass is 16.6. The van der Waals surface area contributed by atoms with Crippen LogP contribution in [0.25, 0.3) is 0 Å². The van der Waals surface area contributed by atoms with Crippen LogP contribution < -0.4 is 10.6 Å². The fourth-order valence-corrected chi connectivity index (χ4v) is 5.64. The fraction of sp³-hybridized carbons (Fsp3) is 0.463. The summed E-state index contributed by atoms with van der Waals surface area (Å²) in [5.74, 6) is -1.54. The second-order valence-electron chi connectivity index (χ2n) is 14.8. The molecule has 3 atom stereocenters. The standard InChI is InChI=1S/C41H55N3O6/c1-10-11-24-44(37(46)33(26-30-18-14-12-15-19-30)43-39(48)50-41(7,8)9)35(32-23-22-28(2)25-29(32)3)36(45)42-34(38(47)49-40(4,5)6)27-31-20-16-13-17-21-31/h12-23,25,33-35H,10-11,24,26-27H2,1-9H3,(H,42,45)(H,43,48). The molecular formula is C41H55N3O6. The number of nitrogens with one attached hydrogen (secondary N) is 2. The summed E-state index contributed by atoms with van der Waals surface area (Å²) in [6, 6.07) is 21.3. The Morgan fingerprint density at radius 2 is 1.26 bits per heavy atom. The molecule has 3 amide bonds. The summed E-state index contributed by atoms with van der Waals surface area (Å²) >= 11 is 0.